The molecule has 1 atom stereocenters. The topological polar surface area (TPSA) is 92.4 Å². The Kier molecular flexibility index (Phi) is 4.25. The summed E-state index contributed by atoms with van der Waals surface area (Å²) in [5.41, 5.74) is 2.03. The number of fused-ring (bicyclic) bond motifs is 1. The molecule has 0 N–H and O–H groups in total. The first-order chi connectivity index (χ1) is 14.9. The molecule has 31 heavy (non-hydrogen) atoms. The van der Waals surface area contributed by atoms with Gasteiger partial charge >= 0.3 is 0 Å². The van der Waals surface area contributed by atoms with Gasteiger partial charge in [0.2, 0.25) is 15.9 Å². The molecule has 3 fully saturated rings. The summed E-state index contributed by atoms with van der Waals surface area (Å²) in [7, 11) is -3.28. The first-order valence-corrected chi connectivity index (χ1v) is 12.6. The second-order valence-electron chi connectivity index (χ2n) is 9.37. The molecular weight excluding hydrogens is 414 g/mol. The van der Waals surface area contributed by atoms with Crippen molar-refractivity contribution in [1.82, 2.24) is 24.3 Å². The predicted molar refractivity (Wildman–Crippen MR) is 115 cm³/mol. The van der Waals surface area contributed by atoms with E-state index in [1.165, 1.54) is 11.8 Å². The van der Waals surface area contributed by atoms with Crippen LogP contribution in [0.1, 0.15) is 42.0 Å². The molecule has 2 aliphatic heterocycles. The highest BCUT2D eigenvalue weighted by Gasteiger charge is 2.58. The molecule has 0 radical (unpaired) electrons. The van der Waals surface area contributed by atoms with Gasteiger partial charge in [-0.1, -0.05) is 29.4 Å². The zero-order chi connectivity index (χ0) is 21.2. The van der Waals surface area contributed by atoms with Crippen LogP contribution in [0.2, 0.25) is 0 Å². The summed E-state index contributed by atoms with van der Waals surface area (Å²) in [6.07, 6.45) is 5.33. The van der Waals surface area contributed by atoms with Crippen molar-refractivity contribution in [2.24, 2.45) is 5.41 Å². The number of sulfonamides is 1. The second kappa shape index (κ2) is 6.82. The van der Waals surface area contributed by atoms with Crippen molar-refractivity contribution in [3.8, 4) is 0 Å². The van der Waals surface area contributed by atoms with Gasteiger partial charge in [0.05, 0.1) is 17.7 Å². The Morgan fingerprint density at radius 3 is 2.74 bits per heavy atom. The molecule has 3 aliphatic rings. The van der Waals surface area contributed by atoms with E-state index < -0.39 is 10.0 Å². The summed E-state index contributed by atoms with van der Waals surface area (Å²) >= 11 is 0. The molecule has 1 unspecified atom stereocenters. The summed E-state index contributed by atoms with van der Waals surface area (Å²) in [5, 5.41) is 5.31. The zero-order valence-electron chi connectivity index (χ0n) is 17.4. The van der Waals surface area contributed by atoms with E-state index in [1.807, 2.05) is 12.3 Å². The Labute approximate surface area is 181 Å². The van der Waals surface area contributed by atoms with E-state index in [0.717, 1.165) is 49.2 Å². The van der Waals surface area contributed by atoms with E-state index in [-0.39, 0.29) is 11.3 Å². The van der Waals surface area contributed by atoms with Crippen molar-refractivity contribution in [2.45, 2.75) is 31.2 Å². The number of hydrogen-bond donors (Lipinski definition) is 0. The van der Waals surface area contributed by atoms with Gasteiger partial charge in [0.25, 0.3) is 0 Å². The third kappa shape index (κ3) is 3.35. The number of para-hydroxylation sites is 1. The minimum absolute atomic E-state index is 0.0656. The zero-order valence-corrected chi connectivity index (χ0v) is 18.3. The minimum Gasteiger partial charge on any atom is -0.339 e. The highest BCUT2D eigenvalue weighted by molar-refractivity contribution is 7.88. The normalized spacial score (nSPS) is 24.1. The summed E-state index contributed by atoms with van der Waals surface area (Å²) in [5.74, 6) is 1.72. The van der Waals surface area contributed by atoms with Gasteiger partial charge in [-0.2, -0.15) is 4.98 Å². The summed E-state index contributed by atoms with van der Waals surface area (Å²) in [4.78, 5) is 11.6. The number of likely N-dealkylation sites (tertiary alicyclic amines) is 1. The molecule has 3 aromatic rings. The molecule has 2 aromatic heterocycles. The van der Waals surface area contributed by atoms with Gasteiger partial charge in [0, 0.05) is 55.6 Å². The number of pyridine rings is 1. The number of rotatable bonds is 5. The van der Waals surface area contributed by atoms with Crippen molar-refractivity contribution in [3.05, 3.63) is 53.8 Å². The maximum absolute atomic E-state index is 12.3. The number of hydrogen-bond acceptors (Lipinski definition) is 7. The molecule has 9 heteroatoms. The number of aromatic nitrogens is 3. The molecule has 1 aliphatic carbocycles. The van der Waals surface area contributed by atoms with Crippen LogP contribution in [0.15, 0.2) is 41.1 Å². The van der Waals surface area contributed by atoms with E-state index in [9.17, 15) is 8.42 Å². The molecular formula is C22H25N5O3S. The first-order valence-electron chi connectivity index (χ1n) is 10.7. The van der Waals surface area contributed by atoms with Gasteiger partial charge < -0.3 is 4.52 Å². The van der Waals surface area contributed by atoms with Crippen LogP contribution in [0.25, 0.3) is 10.9 Å². The second-order valence-corrected chi connectivity index (χ2v) is 11.4. The average molecular weight is 440 g/mol. The molecule has 6 rings (SSSR count). The Bertz CT molecular complexity index is 1240. The van der Waals surface area contributed by atoms with Gasteiger partial charge in [-0.05, 0) is 24.5 Å². The molecule has 2 saturated heterocycles. The molecule has 162 valence electrons. The summed E-state index contributed by atoms with van der Waals surface area (Å²) in [6, 6.07) is 10.3. The van der Waals surface area contributed by atoms with Gasteiger partial charge in [-0.3, -0.25) is 9.88 Å². The van der Waals surface area contributed by atoms with Crippen molar-refractivity contribution in [3.63, 3.8) is 0 Å². The Balaban J connectivity index is 1.25. The summed E-state index contributed by atoms with van der Waals surface area (Å²) in [6.45, 7) is 3.30. The van der Waals surface area contributed by atoms with Crippen molar-refractivity contribution < 1.29 is 12.9 Å². The van der Waals surface area contributed by atoms with E-state index in [1.54, 1.807) is 4.31 Å². The third-order valence-corrected chi connectivity index (χ3v) is 8.19. The number of nitrogens with zero attached hydrogens (tertiary/aromatic N) is 5. The lowest BCUT2D eigenvalue weighted by molar-refractivity contribution is -0.0114. The Hall–Kier alpha value is -2.36. The third-order valence-electron chi connectivity index (χ3n) is 6.97. The van der Waals surface area contributed by atoms with Gasteiger partial charge in [-0.15, -0.1) is 0 Å². The molecule has 1 spiro atoms. The molecule has 4 heterocycles. The fourth-order valence-electron chi connectivity index (χ4n) is 5.22. The maximum Gasteiger partial charge on any atom is 0.231 e. The van der Waals surface area contributed by atoms with Gasteiger partial charge in [-0.25, -0.2) is 12.7 Å². The fraction of sp³-hybridized carbons (Fsp3) is 0.500. The highest BCUT2D eigenvalue weighted by atomic mass is 32.2. The quantitative estimate of drug-likeness (QED) is 0.602. The van der Waals surface area contributed by atoms with Crippen LogP contribution >= 0.6 is 0 Å². The lowest BCUT2D eigenvalue weighted by Crippen LogP contribution is -2.59. The monoisotopic (exact) mass is 439 g/mol. The Morgan fingerprint density at radius 1 is 1.16 bits per heavy atom. The molecule has 1 saturated carbocycles. The first kappa shape index (κ1) is 19.3. The average Bonchev–Trinajstić information content (AvgIpc) is 3.30. The fourth-order valence-corrected chi connectivity index (χ4v) is 6.14. The smallest absolute Gasteiger partial charge is 0.231 e. The predicted octanol–water partition coefficient (Wildman–Crippen LogP) is 2.36. The van der Waals surface area contributed by atoms with Crippen LogP contribution in [0, 0.1) is 5.41 Å². The van der Waals surface area contributed by atoms with Crippen molar-refractivity contribution >= 4 is 20.9 Å². The SMILES string of the molecule is CS(=O)(=O)N1CC(c2nc(C3CC3)no2)C2(CN(Cc3cccc4cccnc34)C2)C1. The molecule has 0 bridgehead atoms. The standard InChI is InChI=1S/C22H25N5O3S/c1-31(28,29)27-11-18(21-24-20(25-30-21)16-7-8-16)22(14-27)12-26(13-22)10-17-5-2-4-15-6-3-9-23-19(15)17/h2-6,9,16,18H,7-8,10-14H2,1H3. The van der Waals surface area contributed by atoms with Crippen LogP contribution < -0.4 is 0 Å². The van der Waals surface area contributed by atoms with E-state index in [4.69, 9.17) is 4.52 Å². The Morgan fingerprint density at radius 2 is 1.97 bits per heavy atom. The largest absolute Gasteiger partial charge is 0.339 e. The van der Waals surface area contributed by atoms with Crippen LogP contribution in [-0.2, 0) is 16.6 Å². The summed E-state index contributed by atoms with van der Waals surface area (Å²) < 4.78 is 31.9. The van der Waals surface area contributed by atoms with Crippen LogP contribution in [0.3, 0.4) is 0 Å². The lowest BCUT2D eigenvalue weighted by Gasteiger charge is -2.50. The lowest BCUT2D eigenvalue weighted by atomic mass is 9.71. The van der Waals surface area contributed by atoms with Gasteiger partial charge in [0.15, 0.2) is 5.82 Å². The number of benzene rings is 1. The van der Waals surface area contributed by atoms with Crippen LogP contribution in [-0.4, -0.2) is 65.2 Å². The maximum atomic E-state index is 12.3. The molecule has 8 nitrogen and oxygen atoms in total. The van der Waals surface area contributed by atoms with Gasteiger partial charge in [0.1, 0.15) is 0 Å². The van der Waals surface area contributed by atoms with Crippen molar-refractivity contribution in [1.29, 1.82) is 0 Å². The molecule has 1 aromatic carbocycles. The van der Waals surface area contributed by atoms with Crippen LogP contribution in [0.5, 0.6) is 0 Å². The van der Waals surface area contributed by atoms with Crippen LogP contribution in [0.4, 0.5) is 0 Å². The van der Waals surface area contributed by atoms with E-state index in [0.29, 0.717) is 24.9 Å². The highest BCUT2D eigenvalue weighted by Crippen LogP contribution is 2.50. The minimum atomic E-state index is -3.28. The molecule has 0 amide bonds. The van der Waals surface area contributed by atoms with Crippen molar-refractivity contribution in [2.75, 3.05) is 32.4 Å². The van der Waals surface area contributed by atoms with E-state index in [2.05, 4.69) is 44.3 Å². The van der Waals surface area contributed by atoms with E-state index >= 15 is 0 Å².